The SMILES string of the molecule is CCPC(PCC)(PCC)C(=O)O. The summed E-state index contributed by atoms with van der Waals surface area (Å²) >= 11 is 0. The topological polar surface area (TPSA) is 37.3 Å². The highest BCUT2D eigenvalue weighted by molar-refractivity contribution is 7.78. The molecule has 0 bridgehead atoms. The van der Waals surface area contributed by atoms with Gasteiger partial charge in [0.25, 0.3) is 0 Å². The first kappa shape index (κ1) is 13.8. The molecule has 3 atom stereocenters. The van der Waals surface area contributed by atoms with E-state index >= 15 is 0 Å². The second-order valence-electron chi connectivity index (χ2n) is 2.65. The lowest BCUT2D eigenvalue weighted by atomic mass is 10.8. The van der Waals surface area contributed by atoms with Gasteiger partial charge in [-0.05, 0) is 18.5 Å². The summed E-state index contributed by atoms with van der Waals surface area (Å²) < 4.78 is -0.349. The fourth-order valence-electron chi connectivity index (χ4n) is 1.21. The first-order valence-electron chi connectivity index (χ1n) is 4.61. The molecule has 5 heteroatoms. The van der Waals surface area contributed by atoms with E-state index in [0.717, 1.165) is 18.5 Å². The standard InChI is InChI=1S/C8H19O2P3/c1-4-11-8(7(9)10,12-5-2)13-6-3/h11-13H,4-6H2,1-3H3,(H,9,10). The second kappa shape index (κ2) is 7.10. The molecule has 78 valence electrons. The molecule has 0 aliphatic carbocycles. The molecule has 13 heavy (non-hydrogen) atoms. The molecule has 1 N–H and O–H groups in total. The third-order valence-corrected chi connectivity index (χ3v) is 8.12. The van der Waals surface area contributed by atoms with Crippen molar-refractivity contribution in [1.82, 2.24) is 0 Å². The molecule has 0 spiro atoms. The molecule has 0 saturated carbocycles. The number of hydrogen-bond acceptors (Lipinski definition) is 1. The van der Waals surface area contributed by atoms with Gasteiger partial charge in [-0.1, -0.05) is 46.5 Å². The first-order chi connectivity index (χ1) is 6.13. The Kier molecular flexibility index (Phi) is 7.52. The van der Waals surface area contributed by atoms with Crippen molar-refractivity contribution in [2.75, 3.05) is 18.5 Å². The zero-order valence-electron chi connectivity index (χ0n) is 8.48. The monoisotopic (exact) mass is 240 g/mol. The van der Waals surface area contributed by atoms with Gasteiger partial charge < -0.3 is 5.11 Å². The Labute approximate surface area is 86.0 Å². The number of aliphatic carboxylic acids is 1. The number of carbonyl (C=O) groups is 1. The van der Waals surface area contributed by atoms with Crippen LogP contribution in [-0.2, 0) is 4.79 Å². The largest absolute Gasteiger partial charge is 0.480 e. The van der Waals surface area contributed by atoms with E-state index < -0.39 is 5.97 Å². The molecule has 0 aromatic rings. The van der Waals surface area contributed by atoms with Crippen LogP contribution in [0.4, 0.5) is 0 Å². The van der Waals surface area contributed by atoms with Crippen molar-refractivity contribution in [3.05, 3.63) is 0 Å². The van der Waals surface area contributed by atoms with Gasteiger partial charge >= 0.3 is 5.97 Å². The van der Waals surface area contributed by atoms with Gasteiger partial charge in [0.2, 0.25) is 0 Å². The van der Waals surface area contributed by atoms with Crippen LogP contribution in [0.2, 0.25) is 0 Å². The molecule has 0 aromatic heterocycles. The highest BCUT2D eigenvalue weighted by atomic mass is 31.2. The summed E-state index contributed by atoms with van der Waals surface area (Å²) in [5, 5.41) is 9.24. The van der Waals surface area contributed by atoms with Crippen molar-refractivity contribution in [3.8, 4) is 0 Å². The molecule has 0 radical (unpaired) electrons. The quantitative estimate of drug-likeness (QED) is 0.695. The maximum Gasteiger partial charge on any atom is 0.321 e. The summed E-state index contributed by atoms with van der Waals surface area (Å²) in [6, 6.07) is 0. The van der Waals surface area contributed by atoms with E-state index in [2.05, 4.69) is 20.8 Å². The van der Waals surface area contributed by atoms with E-state index in [4.69, 9.17) is 0 Å². The van der Waals surface area contributed by atoms with Crippen molar-refractivity contribution in [2.45, 2.75) is 25.4 Å². The fraction of sp³-hybridized carbons (Fsp3) is 0.875. The van der Waals surface area contributed by atoms with Crippen LogP contribution in [0.1, 0.15) is 20.8 Å². The maximum atomic E-state index is 11.2. The second-order valence-corrected chi connectivity index (χ2v) is 9.58. The summed E-state index contributed by atoms with van der Waals surface area (Å²) in [7, 11) is 1.79. The lowest BCUT2D eigenvalue weighted by Crippen LogP contribution is -2.24. The predicted molar refractivity (Wildman–Crippen MR) is 66.9 cm³/mol. The zero-order chi connectivity index (χ0) is 10.3. The minimum Gasteiger partial charge on any atom is -0.480 e. The van der Waals surface area contributed by atoms with Crippen molar-refractivity contribution in [2.24, 2.45) is 0 Å². The van der Waals surface area contributed by atoms with Gasteiger partial charge in [0.1, 0.15) is 4.64 Å². The lowest BCUT2D eigenvalue weighted by molar-refractivity contribution is -0.135. The van der Waals surface area contributed by atoms with Crippen molar-refractivity contribution in [1.29, 1.82) is 0 Å². The molecule has 0 heterocycles. The van der Waals surface area contributed by atoms with Crippen LogP contribution in [0.25, 0.3) is 0 Å². The number of rotatable bonds is 7. The van der Waals surface area contributed by atoms with Gasteiger partial charge in [-0.25, -0.2) is 0 Å². The van der Waals surface area contributed by atoms with Crippen LogP contribution in [0.15, 0.2) is 0 Å². The van der Waals surface area contributed by atoms with Crippen molar-refractivity contribution in [3.63, 3.8) is 0 Å². The van der Waals surface area contributed by atoms with Gasteiger partial charge in [-0.2, -0.15) is 0 Å². The Bertz CT molecular complexity index is 144. The van der Waals surface area contributed by atoms with Gasteiger partial charge in [-0.3, -0.25) is 4.79 Å². The third-order valence-electron chi connectivity index (χ3n) is 1.65. The van der Waals surface area contributed by atoms with Gasteiger partial charge in [-0.15, -0.1) is 0 Å². The predicted octanol–water partition coefficient (Wildman–Crippen LogP) is 2.82. The molecule has 2 nitrogen and oxygen atoms in total. The lowest BCUT2D eigenvalue weighted by Gasteiger charge is -2.28. The number of carboxylic acids is 1. The number of carboxylic acid groups (broad SMARTS) is 1. The summed E-state index contributed by atoms with van der Waals surface area (Å²) in [5.41, 5.74) is 0. The van der Waals surface area contributed by atoms with E-state index in [1.807, 2.05) is 0 Å². The summed E-state index contributed by atoms with van der Waals surface area (Å²) in [4.78, 5) is 11.2. The van der Waals surface area contributed by atoms with Crippen LogP contribution in [-0.4, -0.2) is 34.2 Å². The Hall–Kier alpha value is 0.760. The Balaban J connectivity index is 4.48. The average molecular weight is 240 g/mol. The molecular weight excluding hydrogens is 221 g/mol. The van der Waals surface area contributed by atoms with Gasteiger partial charge in [0.15, 0.2) is 0 Å². The van der Waals surface area contributed by atoms with E-state index in [1.54, 1.807) is 0 Å². The van der Waals surface area contributed by atoms with E-state index in [1.165, 1.54) is 0 Å². The highest BCUT2D eigenvalue weighted by Crippen LogP contribution is 2.57. The Morgan fingerprint density at radius 3 is 1.54 bits per heavy atom. The Morgan fingerprint density at radius 1 is 1.08 bits per heavy atom. The molecule has 0 aromatic carbocycles. The summed E-state index contributed by atoms with van der Waals surface area (Å²) in [5.74, 6) is -0.562. The molecule has 3 unspecified atom stereocenters. The van der Waals surface area contributed by atoms with Crippen molar-refractivity contribution < 1.29 is 9.90 Å². The molecule has 0 amide bonds. The zero-order valence-corrected chi connectivity index (χ0v) is 11.5. The third kappa shape index (κ3) is 4.20. The van der Waals surface area contributed by atoms with Gasteiger partial charge in [0, 0.05) is 0 Å². The molecule has 0 aliphatic heterocycles. The maximum absolute atomic E-state index is 11.2. The van der Waals surface area contributed by atoms with Crippen LogP contribution in [0.3, 0.4) is 0 Å². The van der Waals surface area contributed by atoms with Crippen LogP contribution >= 0.6 is 25.7 Å². The highest BCUT2D eigenvalue weighted by Gasteiger charge is 2.35. The van der Waals surface area contributed by atoms with Crippen molar-refractivity contribution >= 4 is 31.7 Å². The first-order valence-corrected chi connectivity index (χ1v) is 8.23. The molecule has 0 fully saturated rings. The molecular formula is C8H19O2P3. The van der Waals surface area contributed by atoms with Crippen LogP contribution in [0, 0.1) is 0 Å². The molecule has 0 rings (SSSR count). The smallest absolute Gasteiger partial charge is 0.321 e. The fourth-order valence-corrected chi connectivity index (χ4v) is 7.94. The minimum atomic E-state index is -0.562. The Morgan fingerprint density at radius 2 is 1.38 bits per heavy atom. The minimum absolute atomic E-state index is 0.349. The average Bonchev–Trinajstić information content (AvgIpc) is 2.05. The molecule has 0 aliphatic rings. The van der Waals surface area contributed by atoms with Crippen LogP contribution in [0.5, 0.6) is 0 Å². The summed E-state index contributed by atoms with van der Waals surface area (Å²) in [6.45, 7) is 6.24. The van der Waals surface area contributed by atoms with E-state index in [-0.39, 0.29) is 4.64 Å². The van der Waals surface area contributed by atoms with E-state index in [0.29, 0.717) is 25.7 Å². The van der Waals surface area contributed by atoms with Crippen LogP contribution < -0.4 is 0 Å². The molecule has 0 saturated heterocycles. The van der Waals surface area contributed by atoms with E-state index in [9.17, 15) is 9.90 Å². The van der Waals surface area contributed by atoms with Gasteiger partial charge in [0.05, 0.1) is 0 Å². The summed E-state index contributed by atoms with van der Waals surface area (Å²) in [6.07, 6.45) is 3.02. The normalized spacial score (nSPS) is 18.1. The number of hydrogen-bond donors (Lipinski definition) is 1.